The second kappa shape index (κ2) is 5.50. The van der Waals surface area contributed by atoms with E-state index in [-0.39, 0.29) is 6.04 Å². The fraction of sp³-hybridized carbons (Fsp3) is 0.500. The lowest BCUT2D eigenvalue weighted by atomic mass is 10.2. The molecule has 0 bridgehead atoms. The summed E-state index contributed by atoms with van der Waals surface area (Å²) in [5.74, 6) is 0. The Morgan fingerprint density at radius 3 is 2.35 bits per heavy atom. The van der Waals surface area contributed by atoms with Gasteiger partial charge in [-0.25, -0.2) is 8.42 Å². The normalized spacial score (nSPS) is 12.4. The van der Waals surface area contributed by atoms with Crippen LogP contribution in [0.4, 0.5) is 0 Å². The molecule has 0 fully saturated rings. The average molecular weight is 320 g/mol. The molecule has 0 N–H and O–H groups in total. The molecule has 96 valence electrons. The summed E-state index contributed by atoms with van der Waals surface area (Å²) >= 11 is 3.32. The van der Waals surface area contributed by atoms with Crippen LogP contribution in [0.25, 0.3) is 0 Å². The zero-order chi connectivity index (χ0) is 13.2. The first-order valence-corrected chi connectivity index (χ1v) is 7.82. The molecule has 1 rings (SSSR count). The smallest absolute Gasteiger partial charge is 0.207 e. The molecule has 0 saturated carbocycles. The summed E-state index contributed by atoms with van der Waals surface area (Å²) in [4.78, 5) is 0.332. The van der Waals surface area contributed by atoms with E-state index in [1.807, 2.05) is 39.8 Å². The van der Waals surface area contributed by atoms with E-state index in [1.165, 1.54) is 4.31 Å². The quantitative estimate of drug-likeness (QED) is 0.854. The summed E-state index contributed by atoms with van der Waals surface area (Å²) in [6.45, 7) is 8.01. The number of aryl methyl sites for hydroxylation is 1. The van der Waals surface area contributed by atoms with E-state index in [4.69, 9.17) is 0 Å². The largest absolute Gasteiger partial charge is 0.244 e. The Kier molecular flexibility index (Phi) is 4.75. The van der Waals surface area contributed by atoms with Crippen molar-refractivity contribution in [3.05, 3.63) is 28.2 Å². The zero-order valence-corrected chi connectivity index (χ0v) is 13.0. The van der Waals surface area contributed by atoms with Crippen LogP contribution in [0.15, 0.2) is 27.6 Å². The lowest BCUT2D eigenvalue weighted by molar-refractivity contribution is 0.369. The number of benzene rings is 1. The van der Waals surface area contributed by atoms with Crippen molar-refractivity contribution in [2.45, 2.75) is 38.6 Å². The van der Waals surface area contributed by atoms with Gasteiger partial charge in [-0.05, 0) is 54.4 Å². The second-order valence-electron chi connectivity index (χ2n) is 4.24. The maximum absolute atomic E-state index is 12.4. The van der Waals surface area contributed by atoms with Crippen LogP contribution < -0.4 is 0 Å². The van der Waals surface area contributed by atoms with Gasteiger partial charge in [0.25, 0.3) is 0 Å². The van der Waals surface area contributed by atoms with Crippen LogP contribution in [-0.4, -0.2) is 25.3 Å². The van der Waals surface area contributed by atoms with E-state index >= 15 is 0 Å². The average Bonchev–Trinajstić information content (AvgIpc) is 2.16. The van der Waals surface area contributed by atoms with Gasteiger partial charge in [0.15, 0.2) is 0 Å². The molecule has 0 aliphatic rings. The van der Waals surface area contributed by atoms with Crippen molar-refractivity contribution in [1.82, 2.24) is 4.31 Å². The molecule has 0 amide bonds. The first-order chi connectivity index (χ1) is 7.80. The van der Waals surface area contributed by atoms with Crippen molar-refractivity contribution in [3.8, 4) is 0 Å². The Morgan fingerprint density at radius 2 is 1.94 bits per heavy atom. The third-order valence-electron chi connectivity index (χ3n) is 2.56. The van der Waals surface area contributed by atoms with Gasteiger partial charge in [0.2, 0.25) is 10.0 Å². The van der Waals surface area contributed by atoms with Crippen LogP contribution >= 0.6 is 15.9 Å². The first-order valence-electron chi connectivity index (χ1n) is 5.58. The van der Waals surface area contributed by atoms with Gasteiger partial charge in [0, 0.05) is 17.1 Å². The molecule has 0 atom stereocenters. The van der Waals surface area contributed by atoms with Gasteiger partial charge in [-0.15, -0.1) is 0 Å². The molecule has 0 aliphatic carbocycles. The highest BCUT2D eigenvalue weighted by Gasteiger charge is 2.27. The summed E-state index contributed by atoms with van der Waals surface area (Å²) < 4.78 is 27.0. The molecule has 0 radical (unpaired) electrons. The number of rotatable bonds is 4. The molecule has 0 heterocycles. The predicted octanol–water partition coefficient (Wildman–Crippen LogP) is 3.18. The maximum Gasteiger partial charge on any atom is 0.244 e. The summed E-state index contributed by atoms with van der Waals surface area (Å²) in [5, 5.41) is 0. The molecule has 3 nitrogen and oxygen atoms in total. The Bertz CT molecular complexity index is 497. The highest BCUT2D eigenvalue weighted by Crippen LogP contribution is 2.26. The van der Waals surface area contributed by atoms with Gasteiger partial charge in [-0.2, -0.15) is 4.31 Å². The van der Waals surface area contributed by atoms with Gasteiger partial charge in [-0.3, -0.25) is 0 Å². The van der Waals surface area contributed by atoms with Crippen LogP contribution in [0.1, 0.15) is 26.3 Å². The first kappa shape index (κ1) is 14.7. The van der Waals surface area contributed by atoms with Crippen LogP contribution in [0.2, 0.25) is 0 Å². The molecule has 0 spiro atoms. The summed E-state index contributed by atoms with van der Waals surface area (Å²) in [5.41, 5.74) is 1.03. The number of halogens is 1. The number of sulfonamides is 1. The van der Waals surface area contributed by atoms with Crippen LogP contribution in [-0.2, 0) is 10.0 Å². The van der Waals surface area contributed by atoms with Crippen LogP contribution in [0.5, 0.6) is 0 Å². The SMILES string of the molecule is CCN(C(C)C)S(=O)(=O)c1ccc(C)cc1Br. The van der Waals surface area contributed by atoms with Gasteiger partial charge in [0.05, 0.1) is 4.90 Å². The summed E-state index contributed by atoms with van der Waals surface area (Å²) in [7, 11) is -3.41. The van der Waals surface area contributed by atoms with Gasteiger partial charge in [0.1, 0.15) is 0 Å². The molecular formula is C12H18BrNO2S. The Labute approximate surface area is 112 Å². The minimum atomic E-state index is -3.41. The molecule has 0 saturated heterocycles. The van der Waals surface area contributed by atoms with E-state index in [1.54, 1.807) is 6.07 Å². The second-order valence-corrected chi connectivity index (χ2v) is 6.95. The summed E-state index contributed by atoms with van der Waals surface area (Å²) in [6.07, 6.45) is 0. The fourth-order valence-electron chi connectivity index (χ4n) is 1.75. The lowest BCUT2D eigenvalue weighted by Gasteiger charge is -2.24. The molecular weight excluding hydrogens is 302 g/mol. The molecule has 0 aromatic heterocycles. The highest BCUT2D eigenvalue weighted by atomic mass is 79.9. The monoisotopic (exact) mass is 319 g/mol. The highest BCUT2D eigenvalue weighted by molar-refractivity contribution is 9.10. The van der Waals surface area contributed by atoms with E-state index < -0.39 is 10.0 Å². The maximum atomic E-state index is 12.4. The van der Waals surface area contributed by atoms with Crippen molar-refractivity contribution >= 4 is 26.0 Å². The Morgan fingerprint density at radius 1 is 1.35 bits per heavy atom. The van der Waals surface area contributed by atoms with Crippen LogP contribution in [0.3, 0.4) is 0 Å². The number of nitrogens with zero attached hydrogens (tertiary/aromatic N) is 1. The predicted molar refractivity (Wildman–Crippen MR) is 73.6 cm³/mol. The Balaban J connectivity index is 3.30. The topological polar surface area (TPSA) is 37.4 Å². The minimum Gasteiger partial charge on any atom is -0.207 e. The molecule has 17 heavy (non-hydrogen) atoms. The van der Waals surface area contributed by atoms with Gasteiger partial charge < -0.3 is 0 Å². The Hall–Kier alpha value is -0.390. The minimum absolute atomic E-state index is 0.0433. The molecule has 1 aromatic rings. The van der Waals surface area contributed by atoms with Crippen molar-refractivity contribution in [2.24, 2.45) is 0 Å². The van der Waals surface area contributed by atoms with Crippen molar-refractivity contribution < 1.29 is 8.42 Å². The van der Waals surface area contributed by atoms with Crippen molar-refractivity contribution in [3.63, 3.8) is 0 Å². The third kappa shape index (κ3) is 3.09. The molecule has 0 unspecified atom stereocenters. The number of hydrogen-bond acceptors (Lipinski definition) is 2. The van der Waals surface area contributed by atoms with E-state index in [0.29, 0.717) is 15.9 Å². The molecule has 1 aromatic carbocycles. The zero-order valence-electron chi connectivity index (χ0n) is 10.6. The van der Waals surface area contributed by atoms with Gasteiger partial charge in [-0.1, -0.05) is 13.0 Å². The third-order valence-corrected chi connectivity index (χ3v) is 5.69. The standard InChI is InChI=1S/C12H18BrNO2S/c1-5-14(9(2)3)17(15,16)12-7-6-10(4)8-11(12)13/h6-9H,5H2,1-4H3. The van der Waals surface area contributed by atoms with Crippen molar-refractivity contribution in [1.29, 1.82) is 0 Å². The summed E-state index contributed by atoms with van der Waals surface area (Å²) in [6, 6.07) is 5.24. The fourth-order valence-corrected chi connectivity index (χ4v) is 4.55. The van der Waals surface area contributed by atoms with Gasteiger partial charge >= 0.3 is 0 Å². The molecule has 0 aliphatic heterocycles. The lowest BCUT2D eigenvalue weighted by Crippen LogP contribution is -2.36. The van der Waals surface area contributed by atoms with E-state index in [2.05, 4.69) is 15.9 Å². The van der Waals surface area contributed by atoms with E-state index in [0.717, 1.165) is 5.56 Å². The number of hydrogen-bond donors (Lipinski definition) is 0. The van der Waals surface area contributed by atoms with Crippen molar-refractivity contribution in [2.75, 3.05) is 6.54 Å². The molecule has 5 heteroatoms. The van der Waals surface area contributed by atoms with Crippen LogP contribution in [0, 0.1) is 6.92 Å². The van der Waals surface area contributed by atoms with E-state index in [9.17, 15) is 8.42 Å².